The van der Waals surface area contributed by atoms with Gasteiger partial charge in [-0.1, -0.05) is 0 Å². The van der Waals surface area contributed by atoms with E-state index in [2.05, 4.69) is 0 Å². The van der Waals surface area contributed by atoms with Crippen LogP contribution in [0.5, 0.6) is 0 Å². The van der Waals surface area contributed by atoms with Crippen molar-refractivity contribution in [3.63, 3.8) is 0 Å². The number of fused-ring (bicyclic) bond motifs is 2. The van der Waals surface area contributed by atoms with Crippen molar-refractivity contribution in [3.8, 4) is 0 Å². The molecule has 2 saturated carbocycles. The Morgan fingerprint density at radius 3 is 2.67 bits per heavy atom. The van der Waals surface area contributed by atoms with E-state index in [9.17, 15) is 24.9 Å². The van der Waals surface area contributed by atoms with Crippen molar-refractivity contribution in [2.24, 2.45) is 11.8 Å². The molecule has 8 heteroatoms. The van der Waals surface area contributed by atoms with Gasteiger partial charge < -0.3 is 24.8 Å². The topological polar surface area (TPSA) is 103 Å². The second-order valence-corrected chi connectivity index (χ2v) is 9.12. The largest absolute Gasteiger partial charge is 0.477 e. The van der Waals surface area contributed by atoms with E-state index in [1.807, 2.05) is 9.47 Å². The average molecular weight is 416 g/mol. The Morgan fingerprint density at radius 1 is 1.30 bits per heavy atom. The molecule has 2 aliphatic carbocycles. The van der Waals surface area contributed by atoms with Gasteiger partial charge >= 0.3 is 5.97 Å². The van der Waals surface area contributed by atoms with Crippen LogP contribution >= 0.6 is 0 Å². The molecule has 3 fully saturated rings. The second kappa shape index (κ2) is 6.52. The summed E-state index contributed by atoms with van der Waals surface area (Å²) in [6.07, 6.45) is 4.50. The number of aromatic carboxylic acids is 1. The molecule has 3 atom stereocenters. The lowest BCUT2D eigenvalue weighted by Gasteiger charge is -2.29. The summed E-state index contributed by atoms with van der Waals surface area (Å²) < 4.78 is 17.1. The van der Waals surface area contributed by atoms with E-state index < -0.39 is 22.8 Å². The molecule has 1 saturated heterocycles. The molecule has 0 bridgehead atoms. The molecule has 1 aromatic carbocycles. The summed E-state index contributed by atoms with van der Waals surface area (Å²) >= 11 is 0. The first kappa shape index (κ1) is 19.5. The van der Waals surface area contributed by atoms with Gasteiger partial charge in [-0.2, -0.15) is 0 Å². The van der Waals surface area contributed by atoms with Crippen molar-refractivity contribution in [3.05, 3.63) is 39.4 Å². The highest BCUT2D eigenvalue weighted by molar-refractivity contribution is 5.95. The molecular weight excluding hydrogens is 391 g/mol. The van der Waals surface area contributed by atoms with Crippen LogP contribution in [0.25, 0.3) is 10.9 Å². The van der Waals surface area contributed by atoms with E-state index in [1.165, 1.54) is 6.20 Å². The fourth-order valence-corrected chi connectivity index (χ4v) is 5.62. The van der Waals surface area contributed by atoms with Crippen molar-refractivity contribution < 1.29 is 24.5 Å². The van der Waals surface area contributed by atoms with Crippen molar-refractivity contribution in [2.75, 3.05) is 24.6 Å². The van der Waals surface area contributed by atoms with E-state index in [1.54, 1.807) is 6.92 Å². The van der Waals surface area contributed by atoms with Crippen LogP contribution in [0, 0.1) is 24.6 Å². The van der Waals surface area contributed by atoms with Gasteiger partial charge in [-0.15, -0.1) is 0 Å². The Hall–Kier alpha value is -2.45. The number of aliphatic hydroxyl groups is 2. The quantitative estimate of drug-likeness (QED) is 0.705. The zero-order valence-corrected chi connectivity index (χ0v) is 16.8. The minimum Gasteiger partial charge on any atom is -0.477 e. The van der Waals surface area contributed by atoms with Gasteiger partial charge in [0.25, 0.3) is 0 Å². The number of rotatable bonds is 4. The Balaban J connectivity index is 1.66. The first-order valence-corrected chi connectivity index (χ1v) is 10.4. The number of nitrogens with zero attached hydrogens (tertiary/aromatic N) is 2. The Morgan fingerprint density at radius 2 is 2.03 bits per heavy atom. The normalized spacial score (nSPS) is 28.3. The van der Waals surface area contributed by atoms with Crippen LogP contribution in [0.3, 0.4) is 0 Å². The van der Waals surface area contributed by atoms with Crippen LogP contribution in [0.4, 0.5) is 10.1 Å². The van der Waals surface area contributed by atoms with E-state index in [4.69, 9.17) is 0 Å². The van der Waals surface area contributed by atoms with Crippen LogP contribution in [0.15, 0.2) is 17.1 Å². The Bertz CT molecular complexity index is 1120. The maximum absolute atomic E-state index is 15.3. The molecule has 3 aliphatic rings. The average Bonchev–Trinajstić information content (AvgIpc) is 3.38. The number of aliphatic hydroxyl groups excluding tert-OH is 1. The van der Waals surface area contributed by atoms with E-state index >= 15 is 4.39 Å². The number of anilines is 1. The minimum absolute atomic E-state index is 0.0896. The second-order valence-electron chi connectivity index (χ2n) is 9.12. The van der Waals surface area contributed by atoms with Gasteiger partial charge in [0.15, 0.2) is 0 Å². The number of aromatic nitrogens is 1. The van der Waals surface area contributed by atoms with E-state index in [-0.39, 0.29) is 35.4 Å². The van der Waals surface area contributed by atoms with Gasteiger partial charge in [0.2, 0.25) is 5.43 Å². The van der Waals surface area contributed by atoms with Gasteiger partial charge in [0.1, 0.15) is 11.4 Å². The lowest BCUT2D eigenvalue weighted by atomic mass is 9.89. The van der Waals surface area contributed by atoms with Gasteiger partial charge in [-0.05, 0) is 50.2 Å². The number of carboxylic acid groups (broad SMARTS) is 1. The number of pyridine rings is 1. The van der Waals surface area contributed by atoms with Gasteiger partial charge in [-0.3, -0.25) is 4.79 Å². The fraction of sp³-hybridized carbons (Fsp3) is 0.545. The molecule has 0 radical (unpaired) electrons. The fourth-order valence-electron chi connectivity index (χ4n) is 5.62. The molecule has 2 aromatic rings. The highest BCUT2D eigenvalue weighted by Gasteiger charge is 2.51. The first-order valence-electron chi connectivity index (χ1n) is 10.4. The first-order chi connectivity index (χ1) is 14.2. The van der Waals surface area contributed by atoms with Crippen LogP contribution in [0.2, 0.25) is 0 Å². The number of benzene rings is 1. The van der Waals surface area contributed by atoms with Crippen LogP contribution < -0.4 is 10.3 Å². The lowest BCUT2D eigenvalue weighted by molar-refractivity contribution is -0.0432. The summed E-state index contributed by atoms with van der Waals surface area (Å²) in [6.45, 7) is 2.48. The monoisotopic (exact) mass is 416 g/mol. The van der Waals surface area contributed by atoms with Crippen LogP contribution in [-0.2, 0) is 0 Å². The van der Waals surface area contributed by atoms with Crippen LogP contribution in [0.1, 0.15) is 47.6 Å². The van der Waals surface area contributed by atoms with Crippen molar-refractivity contribution in [1.82, 2.24) is 4.57 Å². The number of aryl methyl sites for hydroxylation is 1. The van der Waals surface area contributed by atoms with Crippen molar-refractivity contribution in [1.29, 1.82) is 0 Å². The SMILES string of the molecule is Cc1c(N2C[C@@H]3CC[C@@](O)(CO)[C@@H]3C2)c(F)cc2c(=O)c(C(=O)O)cn(C3CC3)c12. The third-order valence-electron chi connectivity index (χ3n) is 7.32. The Kier molecular flexibility index (Phi) is 4.24. The summed E-state index contributed by atoms with van der Waals surface area (Å²) in [4.78, 5) is 26.2. The lowest BCUT2D eigenvalue weighted by Crippen LogP contribution is -2.40. The van der Waals surface area contributed by atoms with Gasteiger partial charge in [0.05, 0.1) is 23.4 Å². The third kappa shape index (κ3) is 2.70. The summed E-state index contributed by atoms with van der Waals surface area (Å²) in [6, 6.07) is 1.28. The molecule has 160 valence electrons. The summed E-state index contributed by atoms with van der Waals surface area (Å²) in [5.74, 6) is -1.82. The zero-order valence-electron chi connectivity index (χ0n) is 16.8. The number of carboxylic acids is 1. The molecule has 0 spiro atoms. The number of halogens is 1. The summed E-state index contributed by atoms with van der Waals surface area (Å²) in [7, 11) is 0. The molecule has 5 rings (SSSR count). The van der Waals surface area contributed by atoms with E-state index in [0.29, 0.717) is 36.3 Å². The minimum atomic E-state index is -1.31. The molecule has 1 aliphatic heterocycles. The highest BCUT2D eigenvalue weighted by atomic mass is 19.1. The molecule has 0 amide bonds. The standard InChI is InChI=1S/C22H25FN2O5/c1-11-18-14(20(27)15(21(28)29)8-25(18)13-2-3-13)6-17(23)19(11)24-7-12-4-5-22(30,10-26)16(12)9-24/h6,8,12-13,16,26,30H,2-5,7,9-10H2,1H3,(H,28,29)/t12-,16+,22+/m0/s1. The molecule has 3 N–H and O–H groups in total. The molecule has 2 heterocycles. The molecule has 30 heavy (non-hydrogen) atoms. The predicted octanol–water partition coefficient (Wildman–Crippen LogP) is 2.05. The highest BCUT2D eigenvalue weighted by Crippen LogP contribution is 2.47. The number of hydrogen-bond donors (Lipinski definition) is 3. The van der Waals surface area contributed by atoms with Crippen LogP contribution in [-0.4, -0.2) is 51.2 Å². The number of carbonyl (C=O) groups is 1. The Labute approximate surface area is 172 Å². The van der Waals surface area contributed by atoms with E-state index in [0.717, 1.165) is 25.3 Å². The van der Waals surface area contributed by atoms with Gasteiger partial charge in [0, 0.05) is 36.6 Å². The van der Waals surface area contributed by atoms with Gasteiger partial charge in [-0.25, -0.2) is 9.18 Å². The van der Waals surface area contributed by atoms with Crippen molar-refractivity contribution in [2.45, 2.75) is 44.2 Å². The van der Waals surface area contributed by atoms with Crippen molar-refractivity contribution >= 4 is 22.6 Å². The smallest absolute Gasteiger partial charge is 0.341 e. The predicted molar refractivity (Wildman–Crippen MR) is 109 cm³/mol. The molecule has 7 nitrogen and oxygen atoms in total. The summed E-state index contributed by atoms with van der Waals surface area (Å²) in [5, 5.41) is 29.9. The molecule has 0 unspecified atom stereocenters. The molecular formula is C22H25FN2O5. The maximum atomic E-state index is 15.3. The zero-order chi connectivity index (χ0) is 21.4. The number of hydrogen-bond acceptors (Lipinski definition) is 5. The summed E-state index contributed by atoms with van der Waals surface area (Å²) in [5.41, 5.74) is -0.556. The molecule has 1 aromatic heterocycles. The maximum Gasteiger partial charge on any atom is 0.341 e. The third-order valence-corrected chi connectivity index (χ3v) is 7.32.